The maximum atomic E-state index is 2.55. The van der Waals surface area contributed by atoms with Crippen LogP contribution in [0.2, 0.25) is 13.1 Å². The first kappa shape index (κ1) is 11.6. The lowest BCUT2D eigenvalue weighted by Gasteiger charge is -2.45. The molecular weight excluding hydrogens is 240 g/mol. The van der Waals surface area contributed by atoms with Crippen LogP contribution in [0.1, 0.15) is 12.8 Å². The highest BCUT2D eigenvalue weighted by atomic mass is 32.2. The molecule has 0 saturated carbocycles. The second kappa shape index (κ2) is 4.32. The van der Waals surface area contributed by atoms with E-state index in [-0.39, 0.29) is 0 Å². The first-order chi connectivity index (χ1) is 8.18. The van der Waals surface area contributed by atoms with Crippen LogP contribution in [0.5, 0.6) is 0 Å². The van der Waals surface area contributed by atoms with E-state index in [4.69, 9.17) is 0 Å². The molecule has 0 N–H and O–H groups in total. The van der Waals surface area contributed by atoms with Gasteiger partial charge < -0.3 is 0 Å². The van der Waals surface area contributed by atoms with Gasteiger partial charge in [0.1, 0.15) is 0 Å². The molecule has 2 heteroatoms. The quantitative estimate of drug-likeness (QED) is 0.578. The molecule has 0 spiro atoms. The first-order valence-corrected chi connectivity index (χ1v) is 10.6. The molecule has 90 valence electrons. The van der Waals surface area contributed by atoms with Crippen molar-refractivity contribution >= 4 is 25.0 Å². The lowest BCUT2D eigenvalue weighted by Crippen LogP contribution is -2.56. The molecule has 0 aromatic heterocycles. The van der Waals surface area contributed by atoms with E-state index in [0.717, 1.165) is 16.0 Å². The number of hydrogen-bond donors (Lipinski definition) is 0. The number of rotatable bonds is 2. The van der Waals surface area contributed by atoms with Crippen molar-refractivity contribution in [2.75, 3.05) is 0 Å². The third-order valence-corrected chi connectivity index (χ3v) is 11.5. The molecule has 17 heavy (non-hydrogen) atoms. The summed E-state index contributed by atoms with van der Waals surface area (Å²) < 4.78 is 0. The molecule has 3 aliphatic rings. The smallest absolute Gasteiger partial charge is 0.0945 e. The van der Waals surface area contributed by atoms with Gasteiger partial charge in [-0.05, 0) is 18.8 Å². The van der Waals surface area contributed by atoms with Crippen LogP contribution in [0.3, 0.4) is 0 Å². The molecule has 1 aliphatic carbocycles. The van der Waals surface area contributed by atoms with Crippen LogP contribution < -0.4 is 5.19 Å². The van der Waals surface area contributed by atoms with Gasteiger partial charge in [-0.15, -0.1) is 0 Å². The van der Waals surface area contributed by atoms with Crippen LogP contribution >= 0.6 is 11.8 Å². The van der Waals surface area contributed by atoms with Crippen molar-refractivity contribution in [1.29, 1.82) is 0 Å². The van der Waals surface area contributed by atoms with Gasteiger partial charge in [0.15, 0.2) is 0 Å². The Hall–Kier alpha value is -0.473. The Labute approximate surface area is 110 Å². The lowest BCUT2D eigenvalue weighted by atomic mass is 9.96. The Balaban J connectivity index is 1.91. The van der Waals surface area contributed by atoms with Crippen molar-refractivity contribution in [2.24, 2.45) is 5.92 Å². The zero-order valence-electron chi connectivity index (χ0n) is 10.6. The Morgan fingerprint density at radius 2 is 1.82 bits per heavy atom. The van der Waals surface area contributed by atoms with Gasteiger partial charge in [0.25, 0.3) is 0 Å². The predicted molar refractivity (Wildman–Crippen MR) is 80.6 cm³/mol. The fraction of sp³-hybridized carbons (Fsp3) is 0.467. The minimum Gasteiger partial charge on any atom is -0.153 e. The molecule has 0 radical (unpaired) electrons. The molecule has 1 aromatic carbocycles. The molecule has 1 aromatic rings. The third-order valence-electron chi connectivity index (χ3n) is 4.30. The van der Waals surface area contributed by atoms with Crippen molar-refractivity contribution in [2.45, 2.75) is 36.1 Å². The minimum absolute atomic E-state index is 0.806. The molecule has 1 saturated heterocycles. The summed E-state index contributed by atoms with van der Waals surface area (Å²) in [6.07, 6.45) is 7.78. The zero-order chi connectivity index (χ0) is 11.9. The molecule has 4 rings (SSSR count). The Morgan fingerprint density at radius 3 is 2.35 bits per heavy atom. The number of allylic oxidation sites excluding steroid dienone is 1. The van der Waals surface area contributed by atoms with Gasteiger partial charge in [0, 0.05) is 10.1 Å². The third kappa shape index (κ3) is 2.02. The van der Waals surface area contributed by atoms with E-state index in [2.05, 4.69) is 67.3 Å². The standard InChI is InChI=1S/C15H20SSi/c1-17(2,14-6-4-3-5-7-14)15-12-8-10-13(16-15)11-9-12/h3-8,10,12-13,15H,9,11H2,1-2H3. The van der Waals surface area contributed by atoms with Crippen LogP contribution in [-0.4, -0.2) is 18.2 Å². The van der Waals surface area contributed by atoms with Crippen molar-refractivity contribution in [3.05, 3.63) is 42.5 Å². The fourth-order valence-electron chi connectivity index (χ4n) is 3.21. The number of thioether (sulfide) groups is 1. The maximum Gasteiger partial charge on any atom is 0.0945 e. The largest absolute Gasteiger partial charge is 0.153 e. The van der Waals surface area contributed by atoms with Gasteiger partial charge in [-0.2, -0.15) is 11.8 Å². The first-order valence-electron chi connectivity index (χ1n) is 6.57. The SMILES string of the molecule is C[Si](C)(c1ccccc1)C1SC2C=CC1CC2. The van der Waals surface area contributed by atoms with E-state index >= 15 is 0 Å². The lowest BCUT2D eigenvalue weighted by molar-refractivity contribution is 0.549. The average molecular weight is 260 g/mol. The van der Waals surface area contributed by atoms with Gasteiger partial charge in [0.05, 0.1) is 8.07 Å². The Morgan fingerprint density at radius 1 is 1.06 bits per heavy atom. The highest BCUT2D eigenvalue weighted by Crippen LogP contribution is 2.45. The fourth-order valence-corrected chi connectivity index (χ4v) is 9.49. The zero-order valence-corrected chi connectivity index (χ0v) is 12.4. The van der Waals surface area contributed by atoms with E-state index < -0.39 is 8.07 Å². The summed E-state index contributed by atoms with van der Waals surface area (Å²) in [5, 5.41) is 2.43. The molecule has 3 unspecified atom stereocenters. The number of hydrogen-bond acceptors (Lipinski definition) is 1. The number of benzene rings is 1. The highest BCUT2D eigenvalue weighted by molar-refractivity contribution is 8.02. The van der Waals surface area contributed by atoms with Gasteiger partial charge >= 0.3 is 0 Å². The topological polar surface area (TPSA) is 0 Å². The van der Waals surface area contributed by atoms with Crippen LogP contribution in [0.15, 0.2) is 42.5 Å². The van der Waals surface area contributed by atoms with Gasteiger partial charge in [-0.25, -0.2) is 0 Å². The van der Waals surface area contributed by atoms with Gasteiger partial charge in [0.2, 0.25) is 0 Å². The summed E-state index contributed by atoms with van der Waals surface area (Å²) in [5.74, 6) is 0.840. The van der Waals surface area contributed by atoms with Crippen LogP contribution in [0.4, 0.5) is 0 Å². The summed E-state index contributed by atoms with van der Waals surface area (Å²) >= 11 is 2.26. The van der Waals surface area contributed by atoms with E-state index in [9.17, 15) is 0 Å². The van der Waals surface area contributed by atoms with Crippen molar-refractivity contribution < 1.29 is 0 Å². The highest BCUT2D eigenvalue weighted by Gasteiger charge is 2.43. The van der Waals surface area contributed by atoms with Crippen LogP contribution in [-0.2, 0) is 0 Å². The monoisotopic (exact) mass is 260 g/mol. The van der Waals surface area contributed by atoms with E-state index in [1.54, 1.807) is 5.19 Å². The van der Waals surface area contributed by atoms with Gasteiger partial charge in [-0.1, -0.05) is 60.8 Å². The summed E-state index contributed by atoms with van der Waals surface area (Å²) in [4.78, 5) is 0.883. The summed E-state index contributed by atoms with van der Waals surface area (Å²) in [6.45, 7) is 5.10. The Bertz CT molecular complexity index is 424. The molecule has 2 bridgehead atoms. The summed E-state index contributed by atoms with van der Waals surface area (Å²) in [6, 6.07) is 11.2. The second-order valence-corrected chi connectivity index (χ2v) is 12.3. The normalized spacial score (nSPS) is 31.8. The summed E-state index contributed by atoms with van der Waals surface area (Å²) in [7, 11) is -1.32. The Kier molecular flexibility index (Phi) is 2.95. The van der Waals surface area contributed by atoms with E-state index in [1.165, 1.54) is 12.8 Å². The molecule has 2 heterocycles. The molecule has 0 amide bonds. The minimum atomic E-state index is -1.32. The van der Waals surface area contributed by atoms with E-state index in [0.29, 0.717) is 0 Å². The van der Waals surface area contributed by atoms with Crippen molar-refractivity contribution in [1.82, 2.24) is 0 Å². The van der Waals surface area contributed by atoms with Crippen LogP contribution in [0, 0.1) is 5.92 Å². The maximum absolute atomic E-state index is 2.55. The number of fused-ring (bicyclic) bond motifs is 2. The summed E-state index contributed by atoms with van der Waals surface area (Å²) in [5.41, 5.74) is 0. The molecule has 0 nitrogen and oxygen atoms in total. The molecule has 1 fully saturated rings. The molecule has 2 aliphatic heterocycles. The van der Waals surface area contributed by atoms with Gasteiger partial charge in [-0.3, -0.25) is 0 Å². The van der Waals surface area contributed by atoms with Crippen LogP contribution in [0.25, 0.3) is 0 Å². The van der Waals surface area contributed by atoms with Crippen molar-refractivity contribution in [3.63, 3.8) is 0 Å². The second-order valence-electron chi connectivity index (χ2n) is 5.81. The molecule has 3 atom stereocenters. The van der Waals surface area contributed by atoms with Crippen molar-refractivity contribution in [3.8, 4) is 0 Å². The average Bonchev–Trinajstić information content (AvgIpc) is 2.41. The van der Waals surface area contributed by atoms with E-state index in [1.807, 2.05) is 0 Å². The molecular formula is C15H20SSi. The predicted octanol–water partition coefficient (Wildman–Crippen LogP) is 3.59.